The number of furan rings is 1. The molecule has 1 saturated heterocycles. The van der Waals surface area contributed by atoms with Gasteiger partial charge in [0.15, 0.2) is 5.76 Å². The van der Waals surface area contributed by atoms with E-state index in [1.165, 1.54) is 29.8 Å². The lowest BCUT2D eigenvalue weighted by atomic mass is 9.94. The van der Waals surface area contributed by atoms with Crippen LogP contribution in [0, 0.1) is 17.0 Å². The monoisotopic (exact) mass is 390 g/mol. The Hall–Kier alpha value is -1.93. The number of aryl methyl sites for hydroxylation is 1. The molecule has 1 amide bonds. The number of amides is 1. The molecule has 1 spiro atoms. The molecular formula is C18H18N2O4S2. The molecule has 1 N–H and O–H groups in total. The number of hydrogen-bond donors (Lipinski definition) is 1. The minimum absolute atomic E-state index is 0.00938. The number of nitro groups is 1. The molecule has 4 rings (SSSR count). The maximum absolute atomic E-state index is 12.7. The number of carbonyl (C=O) groups is 1. The molecule has 0 bridgehead atoms. The molecule has 0 saturated carbocycles. The highest BCUT2D eigenvalue weighted by atomic mass is 32.2. The summed E-state index contributed by atoms with van der Waals surface area (Å²) < 4.78 is 6.01. The second-order valence-corrected chi connectivity index (χ2v) is 9.46. The van der Waals surface area contributed by atoms with E-state index < -0.39 is 4.92 Å². The fraction of sp³-hybridized carbons (Fsp3) is 0.389. The van der Waals surface area contributed by atoms with E-state index in [0.29, 0.717) is 11.4 Å². The molecule has 1 aromatic carbocycles. The third kappa shape index (κ3) is 2.91. The van der Waals surface area contributed by atoms with Gasteiger partial charge in [0.2, 0.25) is 0 Å². The van der Waals surface area contributed by atoms with Crippen molar-refractivity contribution in [3.8, 4) is 0 Å². The van der Waals surface area contributed by atoms with E-state index in [0.717, 1.165) is 42.1 Å². The Bertz CT molecular complexity index is 870. The molecule has 1 aliphatic heterocycles. The summed E-state index contributed by atoms with van der Waals surface area (Å²) in [6.45, 7) is 1.96. The molecule has 0 radical (unpaired) electrons. The average molecular weight is 390 g/mol. The lowest BCUT2D eigenvalue weighted by molar-refractivity contribution is -0.384. The van der Waals surface area contributed by atoms with Crippen molar-refractivity contribution in [2.75, 3.05) is 16.8 Å². The summed E-state index contributed by atoms with van der Waals surface area (Å²) in [5.74, 6) is 3.22. The molecule has 2 aromatic rings. The summed E-state index contributed by atoms with van der Waals surface area (Å²) in [6.07, 6.45) is 3.05. The lowest BCUT2D eigenvalue weighted by Gasteiger charge is -2.31. The number of benzene rings is 1. The number of non-ortho nitro benzene ring substituents is 1. The van der Waals surface area contributed by atoms with Crippen LogP contribution in [0.4, 0.5) is 11.4 Å². The lowest BCUT2D eigenvalue weighted by Crippen LogP contribution is -2.21. The van der Waals surface area contributed by atoms with Gasteiger partial charge in [0.05, 0.1) is 9.00 Å². The van der Waals surface area contributed by atoms with Gasteiger partial charge in [-0.25, -0.2) is 0 Å². The van der Waals surface area contributed by atoms with E-state index >= 15 is 0 Å². The minimum atomic E-state index is -0.466. The molecule has 2 aliphatic rings. The number of carbonyl (C=O) groups excluding carboxylic acids is 1. The van der Waals surface area contributed by atoms with E-state index in [2.05, 4.69) is 5.32 Å². The Morgan fingerprint density at radius 2 is 1.96 bits per heavy atom. The van der Waals surface area contributed by atoms with Crippen LogP contribution in [0.1, 0.15) is 40.3 Å². The minimum Gasteiger partial charge on any atom is -0.455 e. The van der Waals surface area contributed by atoms with E-state index in [-0.39, 0.29) is 15.7 Å². The molecule has 1 fully saturated rings. The first-order valence-corrected chi connectivity index (χ1v) is 10.4. The summed E-state index contributed by atoms with van der Waals surface area (Å²) in [5.41, 5.74) is 2.62. The maximum Gasteiger partial charge on any atom is 0.291 e. The van der Waals surface area contributed by atoms with Crippen LogP contribution in [-0.4, -0.2) is 22.3 Å². The van der Waals surface area contributed by atoms with Crippen LogP contribution in [0.15, 0.2) is 28.7 Å². The van der Waals surface area contributed by atoms with Crippen LogP contribution < -0.4 is 5.32 Å². The second-order valence-electron chi connectivity index (χ2n) is 6.42. The predicted octanol–water partition coefficient (Wildman–Crippen LogP) is 4.72. The van der Waals surface area contributed by atoms with Crippen molar-refractivity contribution in [3.63, 3.8) is 0 Å². The number of nitrogens with zero attached hydrogens (tertiary/aromatic N) is 1. The van der Waals surface area contributed by atoms with E-state index in [4.69, 9.17) is 4.42 Å². The molecule has 1 aromatic heterocycles. The highest BCUT2D eigenvalue weighted by molar-refractivity contribution is 8.20. The predicted molar refractivity (Wildman–Crippen MR) is 104 cm³/mol. The third-order valence-electron chi connectivity index (χ3n) is 4.81. The van der Waals surface area contributed by atoms with Gasteiger partial charge in [-0.05, 0) is 31.9 Å². The van der Waals surface area contributed by atoms with Gasteiger partial charge in [0, 0.05) is 46.9 Å². The number of nitrogens with one attached hydrogen (secondary N) is 1. The quantitative estimate of drug-likeness (QED) is 0.603. The maximum atomic E-state index is 12.7. The summed E-state index contributed by atoms with van der Waals surface area (Å²) >= 11 is 3.93. The van der Waals surface area contributed by atoms with Gasteiger partial charge < -0.3 is 9.73 Å². The van der Waals surface area contributed by atoms with E-state index in [1.54, 1.807) is 0 Å². The second kappa shape index (κ2) is 6.66. The summed E-state index contributed by atoms with van der Waals surface area (Å²) in [6, 6.07) is 5.80. The number of anilines is 1. The number of fused-ring (bicyclic) bond motifs is 2. The Labute approximate surface area is 159 Å². The molecule has 26 heavy (non-hydrogen) atoms. The zero-order valence-corrected chi connectivity index (χ0v) is 15.9. The number of rotatable bonds is 3. The molecular weight excluding hydrogens is 372 g/mol. The van der Waals surface area contributed by atoms with Gasteiger partial charge >= 0.3 is 0 Å². The largest absolute Gasteiger partial charge is 0.455 e. The number of hydrogen-bond acceptors (Lipinski definition) is 6. The zero-order valence-electron chi connectivity index (χ0n) is 14.2. The molecule has 6 nitrogen and oxygen atoms in total. The molecule has 0 unspecified atom stereocenters. The average Bonchev–Trinajstić information content (AvgIpc) is 3.21. The molecule has 0 atom stereocenters. The van der Waals surface area contributed by atoms with Crippen molar-refractivity contribution in [1.82, 2.24) is 0 Å². The molecule has 8 heteroatoms. The van der Waals surface area contributed by atoms with Crippen molar-refractivity contribution in [3.05, 3.63) is 57.0 Å². The van der Waals surface area contributed by atoms with Gasteiger partial charge in [-0.3, -0.25) is 14.9 Å². The molecule has 1 aliphatic carbocycles. The van der Waals surface area contributed by atoms with Crippen LogP contribution in [-0.2, 0) is 10.5 Å². The molecule has 136 valence electrons. The Morgan fingerprint density at radius 1 is 1.27 bits per heavy atom. The van der Waals surface area contributed by atoms with Crippen LogP contribution in [0.3, 0.4) is 0 Å². The number of thioether (sulfide) groups is 2. The zero-order chi connectivity index (χ0) is 18.3. The topological polar surface area (TPSA) is 85.4 Å². The fourth-order valence-electron chi connectivity index (χ4n) is 3.67. The van der Waals surface area contributed by atoms with Crippen molar-refractivity contribution in [2.45, 2.75) is 30.3 Å². The summed E-state index contributed by atoms with van der Waals surface area (Å²) in [7, 11) is 0. The first-order valence-electron chi connectivity index (χ1n) is 8.47. The molecule has 2 heterocycles. The summed E-state index contributed by atoms with van der Waals surface area (Å²) in [4.78, 5) is 23.0. The van der Waals surface area contributed by atoms with Crippen molar-refractivity contribution < 1.29 is 14.1 Å². The standard InChI is InChI=1S/C18H18N2O4S2/c1-11-15-14(3-2-8-18(15)25-9-10-26-18)24-16(11)17(21)19-12-4-6-13(7-5-12)20(22)23/h4-7H,2-3,8-10H2,1H3,(H,19,21). The fourth-order valence-corrected chi connectivity index (χ4v) is 7.23. The van der Waals surface area contributed by atoms with Crippen LogP contribution in [0.25, 0.3) is 0 Å². The summed E-state index contributed by atoms with van der Waals surface area (Å²) in [5, 5.41) is 13.5. The van der Waals surface area contributed by atoms with Crippen LogP contribution >= 0.6 is 23.5 Å². The van der Waals surface area contributed by atoms with Gasteiger partial charge in [-0.1, -0.05) is 0 Å². The Kier molecular flexibility index (Phi) is 4.48. The van der Waals surface area contributed by atoms with Crippen molar-refractivity contribution in [2.24, 2.45) is 0 Å². The van der Waals surface area contributed by atoms with Gasteiger partial charge in [-0.2, -0.15) is 0 Å². The van der Waals surface area contributed by atoms with Gasteiger partial charge in [0.25, 0.3) is 11.6 Å². The highest BCUT2D eigenvalue weighted by Crippen LogP contribution is 2.59. The van der Waals surface area contributed by atoms with Crippen LogP contribution in [0.2, 0.25) is 0 Å². The van der Waals surface area contributed by atoms with Gasteiger partial charge in [-0.15, -0.1) is 23.5 Å². The smallest absolute Gasteiger partial charge is 0.291 e. The number of nitro benzene ring substituents is 1. The van der Waals surface area contributed by atoms with E-state index in [1.807, 2.05) is 30.4 Å². The van der Waals surface area contributed by atoms with E-state index in [9.17, 15) is 14.9 Å². The first-order chi connectivity index (χ1) is 12.5. The van der Waals surface area contributed by atoms with Crippen molar-refractivity contribution >= 4 is 40.8 Å². The highest BCUT2D eigenvalue weighted by Gasteiger charge is 2.45. The normalized spacial score (nSPS) is 17.9. The van der Waals surface area contributed by atoms with Crippen LogP contribution in [0.5, 0.6) is 0 Å². The van der Waals surface area contributed by atoms with Crippen molar-refractivity contribution in [1.29, 1.82) is 0 Å². The van der Waals surface area contributed by atoms with Gasteiger partial charge in [0.1, 0.15) is 5.76 Å². The first kappa shape index (κ1) is 17.5. The third-order valence-corrected chi connectivity index (χ3v) is 8.34. The SMILES string of the molecule is Cc1c(C(=O)Nc2ccc([N+](=O)[O-])cc2)oc2c1C1(CCC2)SCCS1. The Morgan fingerprint density at radius 3 is 2.62 bits per heavy atom. The Balaban J connectivity index is 1.61.